The molecule has 0 radical (unpaired) electrons. The Kier molecular flexibility index (Phi) is 17.1. The second-order valence-electron chi connectivity index (χ2n) is 14.1. The van der Waals surface area contributed by atoms with Crippen LogP contribution in [0.3, 0.4) is 0 Å². The Bertz CT molecular complexity index is 1480. The quantitative estimate of drug-likeness (QED) is 0.136. The number of rotatable bonds is 10. The van der Waals surface area contributed by atoms with Crippen LogP contribution in [-0.2, 0) is 4.74 Å². The summed E-state index contributed by atoms with van der Waals surface area (Å²) in [5, 5.41) is 0. The van der Waals surface area contributed by atoms with Crippen molar-refractivity contribution in [2.24, 2.45) is 0 Å². The van der Waals surface area contributed by atoms with Crippen LogP contribution in [0.5, 0.6) is 0 Å². The van der Waals surface area contributed by atoms with E-state index in [-0.39, 0.29) is 0 Å². The van der Waals surface area contributed by atoms with E-state index < -0.39 is 20.2 Å². The zero-order chi connectivity index (χ0) is 37.7. The van der Waals surface area contributed by atoms with Crippen molar-refractivity contribution >= 4 is 49.6 Å². The highest BCUT2D eigenvalue weighted by atomic mass is 32.3. The molecule has 0 spiro atoms. The van der Waals surface area contributed by atoms with Gasteiger partial charge >= 0.3 is 0 Å². The summed E-state index contributed by atoms with van der Waals surface area (Å²) in [6.45, 7) is 2.00. The van der Waals surface area contributed by atoms with Crippen LogP contribution in [0.2, 0.25) is 0 Å². The normalized spacial score (nSPS) is 13.7. The van der Waals surface area contributed by atoms with E-state index in [1.165, 1.54) is 42.2 Å². The maximum absolute atomic E-state index is 4.94. The Labute approximate surface area is 312 Å². The average Bonchev–Trinajstić information content (AvgIpc) is 3.71. The molecule has 0 unspecified atom stereocenters. The smallest absolute Gasteiger partial charge is 0.285 e. The summed E-state index contributed by atoms with van der Waals surface area (Å²) in [6, 6.07) is 43.5. The van der Waals surface area contributed by atoms with Crippen LogP contribution in [-0.4, -0.2) is 132 Å². The zero-order valence-electron chi connectivity index (χ0n) is 33.4. The van der Waals surface area contributed by atoms with Crippen molar-refractivity contribution in [1.29, 1.82) is 0 Å². The third kappa shape index (κ3) is 9.81. The van der Waals surface area contributed by atoms with Crippen molar-refractivity contribution < 1.29 is 9.06 Å². The number of hydrogen-bond acceptors (Lipinski definition) is 1. The summed E-state index contributed by atoms with van der Waals surface area (Å²) in [6.07, 6.45) is 1.34. The van der Waals surface area contributed by atoms with Gasteiger partial charge in [0.2, 0.25) is 0 Å². The number of benzene rings is 4. The Balaban J connectivity index is 0.000000245. The molecule has 7 nitrogen and oxygen atoms in total. The number of hydrogen-bond donors (Lipinski definition) is 0. The molecule has 0 bridgehead atoms. The Morgan fingerprint density at radius 2 is 0.745 bits per heavy atom. The Hall–Kier alpha value is -2.34. The SMILES string of the molecule is C1CCOC1.CN(C)P(=PP(N(C)C)(N(C)C)=[N+](C)C)(N(C)C)N(C)C.c1ccc([B-](c2ccccc2)(c2ccccc2)c2ccccc2)cc1. The first kappa shape index (κ1) is 43.1. The van der Waals surface area contributed by atoms with Crippen LogP contribution in [0.15, 0.2) is 121 Å². The van der Waals surface area contributed by atoms with Gasteiger partial charge in [0.25, 0.3) is 7.04 Å². The summed E-state index contributed by atoms with van der Waals surface area (Å²) in [7, 11) is 24.7. The van der Waals surface area contributed by atoms with Crippen molar-refractivity contribution in [3.63, 3.8) is 0 Å². The van der Waals surface area contributed by atoms with Gasteiger partial charge in [-0.1, -0.05) is 121 Å². The summed E-state index contributed by atoms with van der Waals surface area (Å²) >= 11 is 0. The molecule has 1 heterocycles. The predicted molar refractivity (Wildman–Crippen MR) is 231 cm³/mol. The molecule has 0 amide bonds. The molecule has 11 heteroatoms. The van der Waals surface area contributed by atoms with Gasteiger partial charge in [-0.25, -0.2) is 13.7 Å². The number of ether oxygens (including phenoxy) is 1. The Morgan fingerprint density at radius 1 is 0.471 bits per heavy atom. The van der Waals surface area contributed by atoms with E-state index in [0.29, 0.717) is 0 Å². The van der Waals surface area contributed by atoms with Crippen LogP contribution >= 0.6 is 21.6 Å². The molecular formula is C40H64BN6OP3. The minimum absolute atomic E-state index is 1.00. The molecule has 1 saturated heterocycles. The first-order valence-electron chi connectivity index (χ1n) is 17.8. The molecule has 0 N–H and O–H groups in total. The topological polar surface area (TPSA) is 28.4 Å². The van der Waals surface area contributed by atoms with Gasteiger partial charge < -0.3 is 4.74 Å². The molecule has 278 valence electrons. The van der Waals surface area contributed by atoms with Crippen LogP contribution < -0.4 is 21.9 Å². The van der Waals surface area contributed by atoms with Crippen LogP contribution in [0, 0.1) is 0 Å². The number of nitrogens with zero attached hydrogens (tertiary/aromatic N) is 6. The lowest BCUT2D eigenvalue weighted by atomic mass is 9.13. The van der Waals surface area contributed by atoms with Crippen molar-refractivity contribution in [2.45, 2.75) is 12.8 Å². The van der Waals surface area contributed by atoms with E-state index >= 15 is 0 Å². The van der Waals surface area contributed by atoms with E-state index in [1.807, 2.05) is 0 Å². The van der Waals surface area contributed by atoms with E-state index in [1.54, 1.807) is 0 Å². The van der Waals surface area contributed by atoms with Crippen LogP contribution in [0.4, 0.5) is 0 Å². The van der Waals surface area contributed by atoms with E-state index in [4.69, 9.17) is 4.74 Å². The highest BCUT2D eigenvalue weighted by molar-refractivity contribution is 8.38. The van der Waals surface area contributed by atoms with Crippen molar-refractivity contribution in [1.82, 2.24) is 23.4 Å². The summed E-state index contributed by atoms with van der Waals surface area (Å²) in [5.41, 5.74) is 5.36. The molecule has 5 rings (SSSR count). The predicted octanol–water partition coefficient (Wildman–Crippen LogP) is 6.50. The first-order chi connectivity index (χ1) is 24.3. The van der Waals surface area contributed by atoms with E-state index in [0.717, 1.165) is 13.2 Å². The third-order valence-corrected chi connectivity index (χ3v) is 28.6. The van der Waals surface area contributed by atoms with Gasteiger partial charge in [-0.2, -0.15) is 21.9 Å². The highest BCUT2D eigenvalue weighted by Gasteiger charge is 2.40. The first-order valence-corrected chi connectivity index (χ1v) is 23.4. The minimum atomic E-state index is -1.60. The van der Waals surface area contributed by atoms with Gasteiger partial charge in [0.05, 0.1) is 7.56 Å². The maximum atomic E-state index is 4.94. The zero-order valence-corrected chi connectivity index (χ0v) is 36.1. The van der Waals surface area contributed by atoms with Gasteiger partial charge in [0.15, 0.2) is 0 Å². The van der Waals surface area contributed by atoms with Crippen molar-refractivity contribution in [3.8, 4) is 0 Å². The lowest BCUT2D eigenvalue weighted by molar-refractivity contribution is -0.447. The second-order valence-corrected chi connectivity index (χ2v) is 26.6. The maximum Gasteiger partial charge on any atom is 0.285 e. The molecule has 0 saturated carbocycles. The monoisotopic (exact) mass is 748 g/mol. The van der Waals surface area contributed by atoms with Gasteiger partial charge in [-0.15, -0.1) is 0 Å². The molecule has 0 aliphatic carbocycles. The largest absolute Gasteiger partial charge is 0.381 e. The van der Waals surface area contributed by atoms with E-state index in [9.17, 15) is 0 Å². The fourth-order valence-electron chi connectivity index (χ4n) is 7.42. The standard InChI is InChI=1S/C24H20B.C12H36N6P3.C4H8O/c1-5-13-21(14-6-1)25(22-15-7-2-8-16-22,23-17-9-3-10-18-23)24-19-11-4-12-20-24;1-13(2)20(14(3)4,15(5)6)19-21(16(7)8,17(9)10)18(11)12;1-2-4-5-3-1/h1-20H;1-12H3;1-4H2/q-1;+1;. The molecule has 0 aromatic heterocycles. The fraction of sp³-hybridized carbons (Fsp3) is 0.400. The van der Waals surface area contributed by atoms with E-state index in [2.05, 4.69) is 234 Å². The lowest BCUT2D eigenvalue weighted by Crippen LogP contribution is -2.74. The van der Waals surface area contributed by atoms with Gasteiger partial charge in [0, 0.05) is 13.2 Å². The molecule has 1 aliphatic heterocycles. The lowest BCUT2D eigenvalue weighted by Gasteiger charge is -2.44. The highest BCUT2D eigenvalue weighted by Crippen LogP contribution is 2.78. The van der Waals surface area contributed by atoms with Crippen molar-refractivity contribution in [3.05, 3.63) is 121 Å². The minimum Gasteiger partial charge on any atom is -0.381 e. The summed E-state index contributed by atoms with van der Waals surface area (Å²) < 4.78 is 19.4. The molecule has 0 atom stereocenters. The second kappa shape index (κ2) is 20.2. The summed E-state index contributed by atoms with van der Waals surface area (Å²) in [5.74, 6) is 0. The van der Waals surface area contributed by atoms with Crippen LogP contribution in [0.25, 0.3) is 0 Å². The molecule has 1 fully saturated rings. The van der Waals surface area contributed by atoms with Gasteiger partial charge in [-0.3, -0.25) is 14.0 Å². The fourth-order valence-corrected chi connectivity index (χ4v) is 28.4. The molecule has 4 aromatic rings. The van der Waals surface area contributed by atoms with Crippen LogP contribution in [0.1, 0.15) is 12.8 Å². The molecule has 51 heavy (non-hydrogen) atoms. The van der Waals surface area contributed by atoms with Crippen molar-refractivity contribution in [2.75, 3.05) is 97.8 Å². The molecular weight excluding hydrogens is 684 g/mol. The van der Waals surface area contributed by atoms with Gasteiger partial charge in [-0.05, 0) is 83.3 Å². The average molecular weight is 749 g/mol. The molecule has 1 aliphatic rings. The molecule has 4 aromatic carbocycles. The summed E-state index contributed by atoms with van der Waals surface area (Å²) in [4.78, 5) is 0. The van der Waals surface area contributed by atoms with Gasteiger partial charge in [0.1, 0.15) is 27.2 Å². The third-order valence-electron chi connectivity index (χ3n) is 9.49. The Morgan fingerprint density at radius 3 is 0.922 bits per heavy atom.